The molecule has 0 saturated heterocycles. The van der Waals surface area contributed by atoms with Gasteiger partial charge in [0, 0.05) is 23.1 Å². The molecule has 0 aliphatic rings. The number of Topliss-reactive ketones (excluding diaryl/α,β-unsaturated/α-hetero) is 2. The monoisotopic (exact) mass is 544 g/mol. The van der Waals surface area contributed by atoms with Gasteiger partial charge in [0.25, 0.3) is 0 Å². The molecule has 1 amide bonds. The second-order valence-corrected chi connectivity index (χ2v) is 11.0. The Morgan fingerprint density at radius 2 is 1.53 bits per heavy atom. The minimum Gasteiger partial charge on any atom is -0.506 e. The maximum Gasteiger partial charge on any atom is 0.221 e. The van der Waals surface area contributed by atoms with Gasteiger partial charge in [0.15, 0.2) is 11.6 Å². The first-order valence-corrected chi connectivity index (χ1v) is 13.8. The zero-order valence-corrected chi connectivity index (χ0v) is 22.8. The zero-order chi connectivity index (χ0) is 27.2. The third-order valence-corrected chi connectivity index (χ3v) is 8.31. The van der Waals surface area contributed by atoms with E-state index >= 15 is 0 Å². The number of thiophene rings is 2. The molecule has 0 unspecified atom stereocenters. The number of hydrogen-bond acceptors (Lipinski definition) is 7. The lowest BCUT2D eigenvalue weighted by Crippen LogP contribution is -2.13. The summed E-state index contributed by atoms with van der Waals surface area (Å²) in [5.74, 6) is -0.415. The molecule has 0 atom stereocenters. The summed E-state index contributed by atoms with van der Waals surface area (Å²) in [7, 11) is 0. The number of nitrogens with zero attached hydrogens (tertiary/aromatic N) is 1. The summed E-state index contributed by atoms with van der Waals surface area (Å²) in [6.07, 6.45) is 1.08. The molecule has 0 bridgehead atoms. The molecule has 2 heterocycles. The summed E-state index contributed by atoms with van der Waals surface area (Å²) in [6.45, 7) is 3.73. The summed E-state index contributed by atoms with van der Waals surface area (Å²) >= 11 is 2.62. The highest BCUT2D eigenvalue weighted by Gasteiger charge is 2.17. The van der Waals surface area contributed by atoms with Crippen LogP contribution < -0.4 is 5.73 Å². The van der Waals surface area contributed by atoms with Crippen molar-refractivity contribution >= 4 is 45.9 Å². The smallest absolute Gasteiger partial charge is 0.221 e. The zero-order valence-electron chi connectivity index (χ0n) is 21.2. The highest BCUT2D eigenvalue weighted by Crippen LogP contribution is 2.38. The van der Waals surface area contributed by atoms with E-state index in [0.29, 0.717) is 33.9 Å². The van der Waals surface area contributed by atoms with Gasteiger partial charge in [-0.15, -0.1) is 22.7 Å². The van der Waals surface area contributed by atoms with Crippen LogP contribution in [0.25, 0.3) is 10.4 Å². The minimum atomic E-state index is -0.381. The summed E-state index contributed by atoms with van der Waals surface area (Å²) in [5, 5.41) is 12.6. The Hall–Kier alpha value is -3.88. The van der Waals surface area contributed by atoms with Gasteiger partial charge in [0.05, 0.1) is 21.1 Å². The van der Waals surface area contributed by atoms with Crippen molar-refractivity contribution in [1.82, 2.24) is 0 Å². The lowest BCUT2D eigenvalue weighted by atomic mass is 10.0. The Morgan fingerprint density at radius 3 is 2.18 bits per heavy atom. The Morgan fingerprint density at radius 1 is 0.895 bits per heavy atom. The third-order valence-electron chi connectivity index (χ3n) is 6.13. The predicted molar refractivity (Wildman–Crippen MR) is 154 cm³/mol. The molecule has 0 radical (unpaired) electrons. The number of aliphatic imine (C=N–C) groups is 1. The van der Waals surface area contributed by atoms with Crippen LogP contribution in [-0.2, 0) is 17.6 Å². The van der Waals surface area contributed by atoms with Gasteiger partial charge in [-0.25, -0.2) is 0 Å². The first kappa shape index (κ1) is 27.2. The van der Waals surface area contributed by atoms with Crippen molar-refractivity contribution in [2.75, 3.05) is 6.54 Å². The number of primary amides is 1. The van der Waals surface area contributed by atoms with E-state index in [2.05, 4.69) is 4.99 Å². The van der Waals surface area contributed by atoms with E-state index in [4.69, 9.17) is 5.73 Å². The van der Waals surface area contributed by atoms with E-state index in [1.165, 1.54) is 22.7 Å². The average Bonchev–Trinajstić information content (AvgIpc) is 3.54. The Bertz CT molecular complexity index is 1500. The van der Waals surface area contributed by atoms with Gasteiger partial charge in [-0.05, 0) is 49.1 Å². The summed E-state index contributed by atoms with van der Waals surface area (Å²) in [5.41, 5.74) is 10.3. The molecular weight excluding hydrogens is 516 g/mol. The largest absolute Gasteiger partial charge is 0.506 e. The summed E-state index contributed by atoms with van der Waals surface area (Å²) in [4.78, 5) is 42.7. The Kier molecular flexibility index (Phi) is 8.66. The molecular formula is C30H28N2O4S2. The van der Waals surface area contributed by atoms with Crippen LogP contribution in [0.4, 0.5) is 0 Å². The van der Waals surface area contributed by atoms with Crippen molar-refractivity contribution in [3.8, 4) is 16.2 Å². The lowest BCUT2D eigenvalue weighted by Gasteiger charge is -2.03. The molecule has 3 N–H and O–H groups in total. The molecule has 0 fully saturated rings. The molecule has 4 rings (SSSR count). The first-order chi connectivity index (χ1) is 18.2. The van der Waals surface area contributed by atoms with E-state index in [1.807, 2.05) is 60.8 Å². The number of amides is 1. The normalized spacial score (nSPS) is 11.5. The molecule has 8 heteroatoms. The maximum absolute atomic E-state index is 12.7. The van der Waals surface area contributed by atoms with Crippen LogP contribution in [0.5, 0.6) is 5.75 Å². The molecule has 4 aromatic rings. The Balaban J connectivity index is 1.34. The molecule has 2 aromatic heterocycles. The SMILES string of the molecule is CC(=NCC(=O)c1ccc(C(=O)CCc2ccc(CC(N)=O)cc2)s1)c1csc(-c2ccc(C)cc2)c1O. The van der Waals surface area contributed by atoms with Gasteiger partial charge in [-0.1, -0.05) is 54.1 Å². The van der Waals surface area contributed by atoms with Crippen LogP contribution in [-0.4, -0.2) is 34.8 Å². The van der Waals surface area contributed by atoms with Crippen molar-refractivity contribution < 1.29 is 19.5 Å². The molecule has 0 saturated carbocycles. The highest BCUT2D eigenvalue weighted by molar-refractivity contribution is 7.16. The molecule has 0 aliphatic heterocycles. The summed E-state index contributed by atoms with van der Waals surface area (Å²) < 4.78 is 0. The molecule has 0 spiro atoms. The number of aryl methyl sites for hydroxylation is 2. The molecule has 0 aliphatic carbocycles. The lowest BCUT2D eigenvalue weighted by molar-refractivity contribution is -0.117. The van der Waals surface area contributed by atoms with Crippen LogP contribution >= 0.6 is 22.7 Å². The van der Waals surface area contributed by atoms with E-state index in [0.717, 1.165) is 27.1 Å². The first-order valence-electron chi connectivity index (χ1n) is 12.1. The molecule has 38 heavy (non-hydrogen) atoms. The number of hydrogen-bond donors (Lipinski definition) is 2. The van der Waals surface area contributed by atoms with Crippen LogP contribution in [0.1, 0.15) is 54.9 Å². The van der Waals surface area contributed by atoms with Crippen LogP contribution in [0.3, 0.4) is 0 Å². The minimum absolute atomic E-state index is 0.0261. The van der Waals surface area contributed by atoms with Gasteiger partial charge in [0.1, 0.15) is 12.3 Å². The second-order valence-electron chi connectivity index (χ2n) is 9.06. The summed E-state index contributed by atoms with van der Waals surface area (Å²) in [6, 6.07) is 18.8. The highest BCUT2D eigenvalue weighted by atomic mass is 32.1. The van der Waals surface area contributed by atoms with Gasteiger partial charge in [0.2, 0.25) is 5.91 Å². The second kappa shape index (κ2) is 12.1. The van der Waals surface area contributed by atoms with Crippen molar-refractivity contribution in [3.63, 3.8) is 0 Å². The van der Waals surface area contributed by atoms with Gasteiger partial charge in [-0.2, -0.15) is 0 Å². The third kappa shape index (κ3) is 6.70. The number of carbonyl (C=O) groups excluding carboxylic acids is 3. The number of benzene rings is 2. The number of rotatable bonds is 11. The predicted octanol–water partition coefficient (Wildman–Crippen LogP) is 6.03. The van der Waals surface area contributed by atoms with Gasteiger partial charge in [-0.3, -0.25) is 19.4 Å². The quantitative estimate of drug-likeness (QED) is 0.178. The van der Waals surface area contributed by atoms with E-state index < -0.39 is 0 Å². The Labute approximate surface area is 229 Å². The maximum atomic E-state index is 12.7. The van der Waals surface area contributed by atoms with Gasteiger partial charge >= 0.3 is 0 Å². The van der Waals surface area contributed by atoms with E-state index in [1.54, 1.807) is 19.1 Å². The number of nitrogens with two attached hydrogens (primary N) is 1. The number of ketones is 2. The molecule has 2 aromatic carbocycles. The van der Waals surface area contributed by atoms with Gasteiger partial charge < -0.3 is 10.8 Å². The number of carbonyl (C=O) groups is 3. The van der Waals surface area contributed by atoms with Crippen molar-refractivity contribution in [2.45, 2.75) is 33.1 Å². The van der Waals surface area contributed by atoms with Crippen LogP contribution in [0, 0.1) is 6.92 Å². The molecule has 194 valence electrons. The number of aromatic hydroxyl groups is 1. The fraction of sp³-hybridized carbons (Fsp3) is 0.200. The van der Waals surface area contributed by atoms with Crippen LogP contribution in [0.2, 0.25) is 0 Å². The van der Waals surface area contributed by atoms with E-state index in [-0.39, 0.29) is 36.2 Å². The standard InChI is InChI=1S/C30H28N2O4S2/c1-18-3-10-22(11-4-18)30-29(36)23(17-37-30)19(2)32-16-25(34)27-14-13-26(38-27)24(33)12-9-20-5-7-21(8-6-20)15-28(31)35/h3-8,10-11,13-14,17,36H,9,12,15-16H2,1-2H3,(H2,31,35). The fourth-order valence-corrected chi connectivity index (χ4v) is 5.83. The van der Waals surface area contributed by atoms with Crippen molar-refractivity contribution in [3.05, 3.63) is 98.1 Å². The molecule has 6 nitrogen and oxygen atoms in total. The van der Waals surface area contributed by atoms with E-state index in [9.17, 15) is 19.5 Å². The van der Waals surface area contributed by atoms with Crippen molar-refractivity contribution in [2.24, 2.45) is 10.7 Å². The van der Waals surface area contributed by atoms with Crippen molar-refractivity contribution in [1.29, 1.82) is 0 Å². The van der Waals surface area contributed by atoms with Crippen LogP contribution in [0.15, 0.2) is 71.0 Å². The average molecular weight is 545 g/mol. The topological polar surface area (TPSA) is 110 Å². The fourth-order valence-electron chi connectivity index (χ4n) is 3.92.